The molecule has 0 radical (unpaired) electrons. The van der Waals surface area contributed by atoms with Gasteiger partial charge in [0.2, 0.25) is 10.0 Å². The minimum absolute atomic E-state index is 0.120. The molecule has 1 aromatic heterocycles. The highest BCUT2D eigenvalue weighted by Gasteiger charge is 2.33. The molecule has 6 nitrogen and oxygen atoms in total. The van der Waals surface area contributed by atoms with E-state index in [2.05, 4.69) is 5.10 Å². The molecule has 0 unspecified atom stereocenters. The molecule has 3 rings (SSSR count). The lowest BCUT2D eigenvalue weighted by Crippen LogP contribution is -2.36. The van der Waals surface area contributed by atoms with Gasteiger partial charge in [-0.05, 0) is 38.8 Å². The summed E-state index contributed by atoms with van der Waals surface area (Å²) in [6.07, 6.45) is 2.74. The molecule has 25 heavy (non-hydrogen) atoms. The van der Waals surface area contributed by atoms with Gasteiger partial charge in [-0.3, -0.25) is 4.79 Å². The fourth-order valence-corrected chi connectivity index (χ4v) is 5.27. The molecule has 1 saturated heterocycles. The average molecular weight is 382 g/mol. The number of rotatable bonds is 3. The van der Waals surface area contributed by atoms with Crippen LogP contribution in [0, 0.1) is 13.8 Å². The van der Waals surface area contributed by atoms with Gasteiger partial charge in [-0.15, -0.1) is 0 Å². The summed E-state index contributed by atoms with van der Waals surface area (Å²) in [4.78, 5) is 12.9. The van der Waals surface area contributed by atoms with Crippen molar-refractivity contribution >= 4 is 27.5 Å². The molecule has 0 saturated carbocycles. The smallest absolute Gasteiger partial charge is 0.267 e. The second-order valence-corrected chi connectivity index (χ2v) is 8.44. The molecule has 1 aromatic carbocycles. The van der Waals surface area contributed by atoms with E-state index in [0.29, 0.717) is 29.5 Å². The van der Waals surface area contributed by atoms with Gasteiger partial charge in [0.25, 0.3) is 5.91 Å². The van der Waals surface area contributed by atoms with E-state index in [1.54, 1.807) is 38.1 Å². The van der Waals surface area contributed by atoms with Crippen molar-refractivity contribution in [1.82, 2.24) is 14.1 Å². The van der Waals surface area contributed by atoms with Crippen LogP contribution in [0.25, 0.3) is 0 Å². The zero-order valence-corrected chi connectivity index (χ0v) is 15.8. The van der Waals surface area contributed by atoms with Crippen LogP contribution < -0.4 is 0 Å². The predicted molar refractivity (Wildman–Crippen MR) is 95.5 cm³/mol. The fourth-order valence-electron chi connectivity index (χ4n) is 3.18. The molecule has 2 heterocycles. The fraction of sp³-hybridized carbons (Fsp3) is 0.412. The van der Waals surface area contributed by atoms with Crippen molar-refractivity contribution in [2.75, 3.05) is 13.1 Å². The highest BCUT2D eigenvalue weighted by atomic mass is 35.5. The Kier molecular flexibility index (Phi) is 4.99. The van der Waals surface area contributed by atoms with Gasteiger partial charge >= 0.3 is 0 Å². The zero-order chi connectivity index (χ0) is 18.2. The van der Waals surface area contributed by atoms with E-state index >= 15 is 0 Å². The summed E-state index contributed by atoms with van der Waals surface area (Å²) in [7, 11) is -3.66. The Morgan fingerprint density at radius 1 is 1.12 bits per heavy atom. The molecule has 2 aromatic rings. The molecule has 0 bridgehead atoms. The lowest BCUT2D eigenvalue weighted by Gasteiger charge is -2.25. The Balaban J connectivity index is 2.04. The van der Waals surface area contributed by atoms with Crippen LogP contribution in [0.4, 0.5) is 0 Å². The third-order valence-corrected chi connectivity index (χ3v) is 6.92. The summed E-state index contributed by atoms with van der Waals surface area (Å²) in [5.74, 6) is -0.439. The molecule has 0 spiro atoms. The highest BCUT2D eigenvalue weighted by molar-refractivity contribution is 7.89. The maximum atomic E-state index is 13.0. The molecule has 8 heteroatoms. The summed E-state index contributed by atoms with van der Waals surface area (Å²) in [5, 5.41) is 4.50. The van der Waals surface area contributed by atoms with E-state index in [9.17, 15) is 13.2 Å². The third kappa shape index (κ3) is 3.23. The Labute approximate surface area is 152 Å². The van der Waals surface area contributed by atoms with Crippen molar-refractivity contribution in [2.24, 2.45) is 0 Å². The summed E-state index contributed by atoms with van der Waals surface area (Å²) >= 11 is 6.09. The molecule has 0 amide bonds. The standard InChI is InChI=1S/C17H20ClN3O3S/c1-12-16(25(23,24)20-10-6-3-7-11-20)13(2)21(19-12)17(22)14-8-4-5-9-15(14)18/h4-5,8-9H,3,6-7,10-11H2,1-2H3. The molecule has 1 aliphatic rings. The van der Waals surface area contributed by atoms with Gasteiger partial charge in [-0.25, -0.2) is 8.42 Å². The first kappa shape index (κ1) is 18.1. The molecule has 1 aliphatic heterocycles. The van der Waals surface area contributed by atoms with Crippen LogP contribution >= 0.6 is 11.6 Å². The lowest BCUT2D eigenvalue weighted by atomic mass is 10.2. The topological polar surface area (TPSA) is 72.3 Å². The number of halogens is 1. The second-order valence-electron chi connectivity index (χ2n) is 6.16. The van der Waals surface area contributed by atoms with Gasteiger partial charge in [0.15, 0.2) is 0 Å². The zero-order valence-electron chi connectivity index (χ0n) is 14.2. The number of aromatic nitrogens is 2. The van der Waals surface area contributed by atoms with Crippen LogP contribution in [0.5, 0.6) is 0 Å². The highest BCUT2D eigenvalue weighted by Crippen LogP contribution is 2.27. The van der Waals surface area contributed by atoms with Crippen LogP contribution in [-0.4, -0.2) is 41.5 Å². The molecule has 0 atom stereocenters. The van der Waals surface area contributed by atoms with Crippen LogP contribution in [0.2, 0.25) is 5.02 Å². The molecule has 1 fully saturated rings. The lowest BCUT2D eigenvalue weighted by molar-refractivity contribution is 0.0942. The van der Waals surface area contributed by atoms with Crippen LogP contribution in [0.15, 0.2) is 29.2 Å². The van der Waals surface area contributed by atoms with Gasteiger partial charge in [-0.2, -0.15) is 14.1 Å². The summed E-state index contributed by atoms with van der Waals surface area (Å²) in [5.41, 5.74) is 0.924. The van der Waals surface area contributed by atoms with E-state index in [0.717, 1.165) is 23.9 Å². The Hall–Kier alpha value is -1.70. The van der Waals surface area contributed by atoms with E-state index in [-0.39, 0.29) is 10.5 Å². The minimum Gasteiger partial charge on any atom is -0.267 e. The molecular weight excluding hydrogens is 362 g/mol. The van der Waals surface area contributed by atoms with Crippen molar-refractivity contribution in [3.05, 3.63) is 46.2 Å². The number of nitrogens with zero attached hydrogens (tertiary/aromatic N) is 3. The minimum atomic E-state index is -3.66. The number of sulfonamides is 1. The number of aryl methyl sites for hydroxylation is 1. The molecule has 0 N–H and O–H groups in total. The van der Waals surface area contributed by atoms with Crippen molar-refractivity contribution in [3.63, 3.8) is 0 Å². The van der Waals surface area contributed by atoms with E-state index in [1.165, 1.54) is 4.31 Å². The number of hydrogen-bond acceptors (Lipinski definition) is 4. The maximum Gasteiger partial charge on any atom is 0.279 e. The average Bonchev–Trinajstić information content (AvgIpc) is 2.90. The van der Waals surface area contributed by atoms with E-state index < -0.39 is 15.9 Å². The van der Waals surface area contributed by atoms with Crippen molar-refractivity contribution in [3.8, 4) is 0 Å². The number of benzene rings is 1. The number of carbonyl (C=O) groups excluding carboxylic acids is 1. The van der Waals surface area contributed by atoms with E-state index in [4.69, 9.17) is 11.6 Å². The number of piperidine rings is 1. The normalized spacial score (nSPS) is 16.1. The number of carbonyl (C=O) groups is 1. The predicted octanol–water partition coefficient (Wildman–Crippen LogP) is 3.02. The SMILES string of the molecule is Cc1nn(C(=O)c2ccccc2Cl)c(C)c1S(=O)(=O)N1CCCCC1. The van der Waals surface area contributed by atoms with Gasteiger partial charge in [0.05, 0.1) is 22.0 Å². The Bertz CT molecular complexity index is 915. The van der Waals surface area contributed by atoms with E-state index in [1.807, 2.05) is 0 Å². The second kappa shape index (κ2) is 6.90. The summed E-state index contributed by atoms with van der Waals surface area (Å²) in [6.45, 7) is 4.22. The Morgan fingerprint density at radius 3 is 2.40 bits per heavy atom. The first-order valence-corrected chi connectivity index (χ1v) is 10.0. The third-order valence-electron chi connectivity index (χ3n) is 4.43. The van der Waals surface area contributed by atoms with Crippen molar-refractivity contribution in [2.45, 2.75) is 38.0 Å². The van der Waals surface area contributed by atoms with Crippen LogP contribution in [0.3, 0.4) is 0 Å². The monoisotopic (exact) mass is 381 g/mol. The molecule has 134 valence electrons. The quantitative estimate of drug-likeness (QED) is 0.819. The summed E-state index contributed by atoms with van der Waals surface area (Å²) in [6, 6.07) is 6.65. The maximum absolute atomic E-state index is 13.0. The first-order valence-electron chi connectivity index (χ1n) is 8.19. The van der Waals surface area contributed by atoms with Gasteiger partial charge in [0, 0.05) is 13.1 Å². The molecule has 0 aliphatic carbocycles. The van der Waals surface area contributed by atoms with Crippen LogP contribution in [0.1, 0.15) is 41.0 Å². The van der Waals surface area contributed by atoms with Gasteiger partial charge < -0.3 is 0 Å². The largest absolute Gasteiger partial charge is 0.279 e. The van der Waals surface area contributed by atoms with Crippen molar-refractivity contribution < 1.29 is 13.2 Å². The van der Waals surface area contributed by atoms with Crippen LogP contribution in [-0.2, 0) is 10.0 Å². The van der Waals surface area contributed by atoms with Gasteiger partial charge in [0.1, 0.15) is 4.90 Å². The molecular formula is C17H20ClN3O3S. The Morgan fingerprint density at radius 2 is 1.76 bits per heavy atom. The summed E-state index contributed by atoms with van der Waals surface area (Å²) < 4.78 is 28.6. The van der Waals surface area contributed by atoms with Crippen molar-refractivity contribution in [1.29, 1.82) is 0 Å². The number of hydrogen-bond donors (Lipinski definition) is 0. The van der Waals surface area contributed by atoms with Gasteiger partial charge in [-0.1, -0.05) is 30.2 Å². The first-order chi connectivity index (χ1) is 11.8.